The molecular formula is C36H56N4O5. The van der Waals surface area contributed by atoms with Crippen LogP contribution in [-0.4, -0.2) is 54.8 Å². The number of carbonyl (C=O) groups is 3. The number of nitrogens with one attached hydrogen (secondary N) is 4. The van der Waals surface area contributed by atoms with E-state index in [-0.39, 0.29) is 18.2 Å². The number of hydrogen-bond acceptors (Lipinski definition) is 6. The lowest BCUT2D eigenvalue weighted by molar-refractivity contribution is -0.129. The molecule has 0 aromatic heterocycles. The van der Waals surface area contributed by atoms with Crippen LogP contribution in [0, 0.1) is 0 Å². The number of ether oxygens (including phenoxy) is 1. The van der Waals surface area contributed by atoms with Gasteiger partial charge >= 0.3 is 0 Å². The Kier molecular flexibility index (Phi) is 19.8. The largest absolute Gasteiger partial charge is 0.494 e. The van der Waals surface area contributed by atoms with E-state index in [0.717, 1.165) is 24.9 Å². The van der Waals surface area contributed by atoms with E-state index in [4.69, 9.17) is 4.74 Å². The van der Waals surface area contributed by atoms with E-state index in [0.29, 0.717) is 43.9 Å². The van der Waals surface area contributed by atoms with Crippen molar-refractivity contribution in [2.24, 2.45) is 0 Å². The fourth-order valence-electron chi connectivity index (χ4n) is 4.90. The van der Waals surface area contributed by atoms with Gasteiger partial charge in [0.2, 0.25) is 11.8 Å². The van der Waals surface area contributed by atoms with Gasteiger partial charge in [0.25, 0.3) is 5.91 Å². The first-order valence-corrected chi connectivity index (χ1v) is 16.9. The van der Waals surface area contributed by atoms with Gasteiger partial charge in [-0.3, -0.25) is 14.4 Å². The normalized spacial score (nSPS) is 12.2. The van der Waals surface area contributed by atoms with E-state index < -0.39 is 18.2 Å². The summed E-state index contributed by atoms with van der Waals surface area (Å²) in [6.07, 6.45) is 12.5. The fourth-order valence-corrected chi connectivity index (χ4v) is 4.90. The van der Waals surface area contributed by atoms with Crippen molar-refractivity contribution in [2.75, 3.05) is 25.0 Å². The highest BCUT2D eigenvalue weighted by atomic mass is 16.5. The molecule has 45 heavy (non-hydrogen) atoms. The molecular weight excluding hydrogens is 568 g/mol. The Labute approximate surface area is 270 Å². The van der Waals surface area contributed by atoms with E-state index in [9.17, 15) is 19.5 Å². The summed E-state index contributed by atoms with van der Waals surface area (Å²) in [4.78, 5) is 37.4. The summed E-state index contributed by atoms with van der Waals surface area (Å²) in [5.74, 6) is -0.113. The predicted octanol–water partition coefficient (Wildman–Crippen LogP) is 5.87. The predicted molar refractivity (Wildman–Crippen MR) is 181 cm³/mol. The molecule has 0 aliphatic carbocycles. The minimum absolute atomic E-state index is 0.0554. The van der Waals surface area contributed by atoms with Crippen LogP contribution in [-0.2, 0) is 20.8 Å². The van der Waals surface area contributed by atoms with Crippen LogP contribution >= 0.6 is 0 Å². The third-order valence-electron chi connectivity index (χ3n) is 7.44. The van der Waals surface area contributed by atoms with Crippen LogP contribution in [0.25, 0.3) is 0 Å². The van der Waals surface area contributed by atoms with Crippen LogP contribution in [0.3, 0.4) is 0 Å². The van der Waals surface area contributed by atoms with Gasteiger partial charge in [0, 0.05) is 25.2 Å². The first-order chi connectivity index (χ1) is 21.9. The smallest absolute Gasteiger partial charge is 0.263 e. The van der Waals surface area contributed by atoms with Gasteiger partial charge < -0.3 is 31.1 Å². The van der Waals surface area contributed by atoms with Gasteiger partial charge in [-0.05, 0) is 56.0 Å². The molecule has 2 rings (SSSR count). The highest BCUT2D eigenvalue weighted by Gasteiger charge is 2.21. The first-order valence-electron chi connectivity index (χ1n) is 16.9. The summed E-state index contributed by atoms with van der Waals surface area (Å²) in [5, 5.41) is 21.2. The summed E-state index contributed by atoms with van der Waals surface area (Å²) < 4.78 is 5.79. The molecule has 0 saturated heterocycles. The van der Waals surface area contributed by atoms with Gasteiger partial charge in [0.1, 0.15) is 5.75 Å². The van der Waals surface area contributed by atoms with Crippen LogP contribution in [0.4, 0.5) is 5.69 Å². The van der Waals surface area contributed by atoms with Crippen molar-refractivity contribution < 1.29 is 24.2 Å². The van der Waals surface area contributed by atoms with E-state index >= 15 is 0 Å². The lowest BCUT2D eigenvalue weighted by Gasteiger charge is -2.21. The van der Waals surface area contributed by atoms with E-state index in [1.165, 1.54) is 58.3 Å². The van der Waals surface area contributed by atoms with E-state index in [2.05, 4.69) is 28.2 Å². The quantitative estimate of drug-likeness (QED) is 0.0695. The van der Waals surface area contributed by atoms with Gasteiger partial charge in [0.05, 0.1) is 19.1 Å². The first kappa shape index (κ1) is 37.6. The van der Waals surface area contributed by atoms with Gasteiger partial charge in [0.15, 0.2) is 6.17 Å². The third kappa shape index (κ3) is 18.7. The second-order valence-electron chi connectivity index (χ2n) is 11.7. The van der Waals surface area contributed by atoms with Crippen LogP contribution in [0.1, 0.15) is 103 Å². The summed E-state index contributed by atoms with van der Waals surface area (Å²) in [6.45, 7) is 5.33. The molecule has 2 aromatic rings. The molecule has 9 heteroatoms. The molecule has 5 N–H and O–H groups in total. The van der Waals surface area contributed by atoms with Gasteiger partial charge in [-0.15, -0.1) is 0 Å². The Morgan fingerprint density at radius 3 is 2.04 bits per heavy atom. The third-order valence-corrected chi connectivity index (χ3v) is 7.44. The minimum atomic E-state index is -1.02. The SMILES string of the molecule is CCCCCCCCCCCCNC(=O)CCCOc1ccc(NC(NC(=O)CC(C)O)C(=O)NCCc2ccccc2)cc1. The van der Waals surface area contributed by atoms with Crippen molar-refractivity contribution in [3.63, 3.8) is 0 Å². The fraction of sp³-hybridized carbons (Fsp3) is 0.583. The Bertz CT molecular complexity index is 1080. The number of aliphatic hydroxyl groups excluding tert-OH is 1. The molecule has 0 spiro atoms. The number of aliphatic hydroxyl groups is 1. The molecule has 2 aromatic carbocycles. The monoisotopic (exact) mass is 624 g/mol. The molecule has 0 radical (unpaired) electrons. The molecule has 0 heterocycles. The maximum absolute atomic E-state index is 12.9. The highest BCUT2D eigenvalue weighted by Crippen LogP contribution is 2.17. The topological polar surface area (TPSA) is 129 Å². The lowest BCUT2D eigenvalue weighted by Crippen LogP contribution is -2.52. The molecule has 0 bridgehead atoms. The zero-order chi connectivity index (χ0) is 32.5. The summed E-state index contributed by atoms with van der Waals surface area (Å²) >= 11 is 0. The molecule has 0 fully saturated rings. The summed E-state index contributed by atoms with van der Waals surface area (Å²) in [7, 11) is 0. The molecule has 3 amide bonds. The average Bonchev–Trinajstić information content (AvgIpc) is 3.02. The van der Waals surface area contributed by atoms with Gasteiger partial charge in [-0.1, -0.05) is 95.0 Å². The molecule has 0 aliphatic heterocycles. The summed E-state index contributed by atoms with van der Waals surface area (Å²) in [6, 6.07) is 16.9. The van der Waals surface area contributed by atoms with Crippen LogP contribution in [0.2, 0.25) is 0 Å². The van der Waals surface area contributed by atoms with Crippen LogP contribution in [0.5, 0.6) is 5.75 Å². The van der Waals surface area contributed by atoms with E-state index in [1.807, 2.05) is 30.3 Å². The minimum Gasteiger partial charge on any atom is -0.494 e. The van der Waals surface area contributed by atoms with Crippen molar-refractivity contribution >= 4 is 23.4 Å². The zero-order valence-electron chi connectivity index (χ0n) is 27.5. The van der Waals surface area contributed by atoms with Crippen LogP contribution in [0.15, 0.2) is 54.6 Å². The van der Waals surface area contributed by atoms with Crippen molar-refractivity contribution in [1.29, 1.82) is 0 Å². The molecule has 2 atom stereocenters. The van der Waals surface area contributed by atoms with Crippen molar-refractivity contribution in [2.45, 2.75) is 116 Å². The number of hydrogen-bond donors (Lipinski definition) is 5. The number of unbranched alkanes of at least 4 members (excludes halogenated alkanes) is 9. The Balaban J connectivity index is 1.65. The van der Waals surface area contributed by atoms with Crippen molar-refractivity contribution in [1.82, 2.24) is 16.0 Å². The zero-order valence-corrected chi connectivity index (χ0v) is 27.5. The number of rotatable bonds is 25. The van der Waals surface area contributed by atoms with Crippen LogP contribution < -0.4 is 26.0 Å². The molecule has 0 saturated carbocycles. The average molecular weight is 625 g/mol. The molecule has 9 nitrogen and oxygen atoms in total. The molecule has 2 unspecified atom stereocenters. The summed E-state index contributed by atoms with van der Waals surface area (Å²) in [5.41, 5.74) is 1.72. The van der Waals surface area contributed by atoms with E-state index in [1.54, 1.807) is 24.3 Å². The second kappa shape index (κ2) is 23.7. The van der Waals surface area contributed by atoms with Gasteiger partial charge in [-0.25, -0.2) is 0 Å². The maximum atomic E-state index is 12.9. The van der Waals surface area contributed by atoms with Crippen molar-refractivity contribution in [3.05, 3.63) is 60.2 Å². The van der Waals surface area contributed by atoms with Crippen molar-refractivity contribution in [3.8, 4) is 5.75 Å². The second-order valence-corrected chi connectivity index (χ2v) is 11.7. The number of amides is 3. The molecule has 250 valence electrons. The Morgan fingerprint density at radius 1 is 0.756 bits per heavy atom. The lowest BCUT2D eigenvalue weighted by atomic mass is 10.1. The molecule has 0 aliphatic rings. The number of benzene rings is 2. The Morgan fingerprint density at radius 2 is 1.40 bits per heavy atom. The standard InChI is InChI=1S/C36H56N4O5/c1-3-4-5-6-7-8-9-10-11-15-25-37-33(42)19-16-27-45-32-22-20-31(21-23-32)39-35(40-34(43)28-29(2)41)36(44)38-26-24-30-17-13-12-14-18-30/h12-14,17-18,20-23,29,35,39,41H,3-11,15-16,19,24-28H2,1-2H3,(H,37,42)(H,38,44)(H,40,43). The maximum Gasteiger partial charge on any atom is 0.263 e. The highest BCUT2D eigenvalue weighted by molar-refractivity contribution is 5.89. The number of carbonyl (C=O) groups excluding carboxylic acids is 3. The van der Waals surface area contributed by atoms with Gasteiger partial charge in [-0.2, -0.15) is 0 Å². The Hall–Kier alpha value is -3.59. The number of anilines is 1.